The van der Waals surface area contributed by atoms with Gasteiger partial charge in [0.15, 0.2) is 0 Å². The number of ether oxygens (including phenoxy) is 2. The molecule has 0 amide bonds. The number of hydrogen-bond acceptors (Lipinski definition) is 2. The van der Waals surface area contributed by atoms with Gasteiger partial charge in [0, 0.05) is 5.56 Å². The summed E-state index contributed by atoms with van der Waals surface area (Å²) >= 11 is 5.97. The second-order valence-corrected chi connectivity index (χ2v) is 5.39. The van der Waals surface area contributed by atoms with Crippen LogP contribution in [0, 0.1) is 5.92 Å². The molecular formula is C15H21ClO2. The van der Waals surface area contributed by atoms with Crippen molar-refractivity contribution in [2.75, 3.05) is 7.11 Å². The van der Waals surface area contributed by atoms with Crippen molar-refractivity contribution in [1.29, 1.82) is 0 Å². The molecule has 0 aliphatic heterocycles. The van der Waals surface area contributed by atoms with Crippen molar-refractivity contribution in [3.63, 3.8) is 0 Å². The molecule has 1 aromatic rings. The third kappa shape index (κ3) is 3.32. The molecule has 0 heterocycles. The van der Waals surface area contributed by atoms with Crippen molar-refractivity contribution in [2.45, 2.75) is 44.6 Å². The van der Waals surface area contributed by atoms with Crippen LogP contribution in [0.2, 0.25) is 0 Å². The molecule has 2 atom stereocenters. The van der Waals surface area contributed by atoms with Gasteiger partial charge in [0.2, 0.25) is 0 Å². The van der Waals surface area contributed by atoms with Crippen LogP contribution in [0.1, 0.15) is 38.2 Å². The highest BCUT2D eigenvalue weighted by atomic mass is 35.5. The van der Waals surface area contributed by atoms with E-state index in [2.05, 4.69) is 6.92 Å². The molecule has 0 spiro atoms. The molecule has 0 N–H and O–H groups in total. The van der Waals surface area contributed by atoms with Crippen LogP contribution >= 0.6 is 11.6 Å². The van der Waals surface area contributed by atoms with Crippen LogP contribution < -0.4 is 9.47 Å². The standard InChI is InChI=1S/C15H21ClO2/c1-11-4-3-5-14(8-11)18-15-7-6-13(17-2)9-12(15)10-16/h6-7,9,11,14H,3-5,8,10H2,1-2H3. The van der Waals surface area contributed by atoms with Crippen LogP contribution in [-0.2, 0) is 5.88 Å². The topological polar surface area (TPSA) is 18.5 Å². The van der Waals surface area contributed by atoms with Gasteiger partial charge >= 0.3 is 0 Å². The molecule has 2 unspecified atom stereocenters. The quantitative estimate of drug-likeness (QED) is 0.754. The number of hydrogen-bond donors (Lipinski definition) is 0. The van der Waals surface area contributed by atoms with Crippen LogP contribution in [0.5, 0.6) is 11.5 Å². The van der Waals surface area contributed by atoms with Crippen molar-refractivity contribution in [1.82, 2.24) is 0 Å². The van der Waals surface area contributed by atoms with Crippen molar-refractivity contribution < 1.29 is 9.47 Å². The lowest BCUT2D eigenvalue weighted by Crippen LogP contribution is -2.24. The zero-order valence-electron chi connectivity index (χ0n) is 11.1. The first-order valence-electron chi connectivity index (χ1n) is 6.62. The van der Waals surface area contributed by atoms with E-state index < -0.39 is 0 Å². The maximum Gasteiger partial charge on any atom is 0.124 e. The molecule has 1 aliphatic rings. The summed E-state index contributed by atoms with van der Waals surface area (Å²) < 4.78 is 11.3. The van der Waals surface area contributed by atoms with E-state index in [1.807, 2.05) is 18.2 Å². The average molecular weight is 269 g/mol. The lowest BCUT2D eigenvalue weighted by Gasteiger charge is -2.28. The van der Waals surface area contributed by atoms with Crippen molar-refractivity contribution in [2.24, 2.45) is 5.92 Å². The number of rotatable bonds is 4. The first-order valence-corrected chi connectivity index (χ1v) is 7.16. The lowest BCUT2D eigenvalue weighted by molar-refractivity contribution is 0.128. The molecule has 3 heteroatoms. The molecule has 0 saturated heterocycles. The Morgan fingerprint density at radius 2 is 2.17 bits per heavy atom. The summed E-state index contributed by atoms with van der Waals surface area (Å²) in [6, 6.07) is 5.85. The summed E-state index contributed by atoms with van der Waals surface area (Å²) in [7, 11) is 1.66. The molecule has 0 aromatic heterocycles. The van der Waals surface area contributed by atoms with Crippen molar-refractivity contribution in [3.8, 4) is 11.5 Å². The Hall–Kier alpha value is -0.890. The summed E-state index contributed by atoms with van der Waals surface area (Å²) in [5.41, 5.74) is 1.01. The van der Waals surface area contributed by atoms with E-state index in [0.717, 1.165) is 35.8 Å². The lowest BCUT2D eigenvalue weighted by atomic mass is 9.88. The number of benzene rings is 1. The molecule has 1 aliphatic carbocycles. The fourth-order valence-corrected chi connectivity index (χ4v) is 2.78. The second kappa shape index (κ2) is 6.33. The van der Waals surface area contributed by atoms with E-state index in [0.29, 0.717) is 12.0 Å². The fourth-order valence-electron chi connectivity index (χ4n) is 2.57. The summed E-state index contributed by atoms with van der Waals surface area (Å²) in [5, 5.41) is 0. The first-order chi connectivity index (χ1) is 8.72. The molecule has 1 fully saturated rings. The number of methoxy groups -OCH3 is 1. The minimum absolute atomic E-state index is 0.337. The maximum atomic E-state index is 6.11. The predicted octanol–water partition coefficient (Wildman–Crippen LogP) is 4.39. The summed E-state index contributed by atoms with van der Waals surface area (Å²) in [4.78, 5) is 0. The van der Waals surface area contributed by atoms with Gasteiger partial charge in [-0.15, -0.1) is 11.6 Å². The Morgan fingerprint density at radius 3 is 2.83 bits per heavy atom. The van der Waals surface area contributed by atoms with E-state index in [4.69, 9.17) is 21.1 Å². The minimum atomic E-state index is 0.337. The van der Waals surface area contributed by atoms with Gasteiger partial charge in [-0.3, -0.25) is 0 Å². The van der Waals surface area contributed by atoms with Crippen LogP contribution in [0.4, 0.5) is 0 Å². The van der Waals surface area contributed by atoms with E-state index in [9.17, 15) is 0 Å². The third-order valence-corrected chi connectivity index (χ3v) is 3.88. The van der Waals surface area contributed by atoms with Gasteiger partial charge in [-0.25, -0.2) is 0 Å². The molecule has 0 radical (unpaired) electrons. The Kier molecular flexibility index (Phi) is 4.76. The fraction of sp³-hybridized carbons (Fsp3) is 0.600. The number of alkyl halides is 1. The Bertz CT molecular complexity index is 392. The van der Waals surface area contributed by atoms with E-state index >= 15 is 0 Å². The first kappa shape index (κ1) is 13.5. The highest BCUT2D eigenvalue weighted by Crippen LogP contribution is 2.31. The largest absolute Gasteiger partial charge is 0.497 e. The minimum Gasteiger partial charge on any atom is -0.497 e. The van der Waals surface area contributed by atoms with Crippen LogP contribution in [0.25, 0.3) is 0 Å². The van der Waals surface area contributed by atoms with Gasteiger partial charge < -0.3 is 9.47 Å². The van der Waals surface area contributed by atoms with Crippen LogP contribution in [-0.4, -0.2) is 13.2 Å². The molecule has 0 bridgehead atoms. The van der Waals surface area contributed by atoms with E-state index in [-0.39, 0.29) is 0 Å². The molecule has 18 heavy (non-hydrogen) atoms. The summed E-state index contributed by atoms with van der Waals surface area (Å²) in [6.45, 7) is 2.30. The van der Waals surface area contributed by atoms with Gasteiger partial charge in [-0.2, -0.15) is 0 Å². The summed E-state index contributed by atoms with van der Waals surface area (Å²) in [5.74, 6) is 2.95. The van der Waals surface area contributed by atoms with Gasteiger partial charge in [0.05, 0.1) is 19.1 Å². The monoisotopic (exact) mass is 268 g/mol. The van der Waals surface area contributed by atoms with E-state index in [1.54, 1.807) is 7.11 Å². The second-order valence-electron chi connectivity index (χ2n) is 5.12. The van der Waals surface area contributed by atoms with Crippen LogP contribution in [0.3, 0.4) is 0 Å². The van der Waals surface area contributed by atoms with Gasteiger partial charge in [-0.05, 0) is 43.4 Å². The van der Waals surface area contributed by atoms with Crippen LogP contribution in [0.15, 0.2) is 18.2 Å². The molecule has 2 nitrogen and oxygen atoms in total. The predicted molar refractivity (Wildman–Crippen MR) is 74.6 cm³/mol. The average Bonchev–Trinajstić information content (AvgIpc) is 2.39. The molecule has 2 rings (SSSR count). The molecular weight excluding hydrogens is 248 g/mol. The third-order valence-electron chi connectivity index (χ3n) is 3.59. The van der Waals surface area contributed by atoms with Crippen molar-refractivity contribution in [3.05, 3.63) is 23.8 Å². The molecule has 1 aromatic carbocycles. The summed E-state index contributed by atoms with van der Waals surface area (Å²) in [6.07, 6.45) is 5.22. The normalized spacial score (nSPS) is 23.7. The Morgan fingerprint density at radius 1 is 1.33 bits per heavy atom. The number of halogens is 1. The van der Waals surface area contributed by atoms with Gasteiger partial charge in [-0.1, -0.05) is 13.3 Å². The Balaban J connectivity index is 2.08. The molecule has 100 valence electrons. The smallest absolute Gasteiger partial charge is 0.124 e. The maximum absolute atomic E-state index is 6.11. The highest BCUT2D eigenvalue weighted by molar-refractivity contribution is 6.17. The van der Waals surface area contributed by atoms with Gasteiger partial charge in [0.25, 0.3) is 0 Å². The van der Waals surface area contributed by atoms with E-state index in [1.165, 1.54) is 12.8 Å². The SMILES string of the molecule is COc1ccc(OC2CCCC(C)C2)c(CCl)c1. The highest BCUT2D eigenvalue weighted by Gasteiger charge is 2.21. The Labute approximate surface area is 114 Å². The molecule has 1 saturated carbocycles. The van der Waals surface area contributed by atoms with Gasteiger partial charge in [0.1, 0.15) is 11.5 Å². The zero-order chi connectivity index (χ0) is 13.0. The zero-order valence-corrected chi connectivity index (χ0v) is 11.9. The van der Waals surface area contributed by atoms with Crippen molar-refractivity contribution >= 4 is 11.6 Å².